The standard InChI is InChI=1S/C20H31N3O/c1-15-9-11-23(12-10-15)14-16-5-7-18(8-6-16)22-20(24)13-17-3-2-4-19(17)21/h5-8,15,17,19H,2-4,9-14,21H2,1H3,(H,22,24)/t17-,19+/m0/s1. The van der Waals surface area contributed by atoms with Gasteiger partial charge in [-0.05, 0) is 68.3 Å². The van der Waals surface area contributed by atoms with Crippen LogP contribution in [0.3, 0.4) is 0 Å². The second kappa shape index (κ2) is 8.13. The van der Waals surface area contributed by atoms with Gasteiger partial charge in [0.05, 0.1) is 0 Å². The van der Waals surface area contributed by atoms with Crippen molar-refractivity contribution in [3.8, 4) is 0 Å². The molecule has 2 atom stereocenters. The van der Waals surface area contributed by atoms with Gasteiger partial charge in [-0.3, -0.25) is 9.69 Å². The molecule has 1 aromatic carbocycles. The van der Waals surface area contributed by atoms with Crippen molar-refractivity contribution in [1.29, 1.82) is 0 Å². The van der Waals surface area contributed by atoms with Gasteiger partial charge in [0.2, 0.25) is 5.91 Å². The predicted octanol–water partition coefficient (Wildman–Crippen LogP) is 3.37. The molecule has 1 amide bonds. The largest absolute Gasteiger partial charge is 0.327 e. The van der Waals surface area contributed by atoms with Crippen molar-refractivity contribution in [2.75, 3.05) is 18.4 Å². The predicted molar refractivity (Wildman–Crippen MR) is 98.7 cm³/mol. The van der Waals surface area contributed by atoms with Crippen molar-refractivity contribution in [2.24, 2.45) is 17.6 Å². The van der Waals surface area contributed by atoms with E-state index in [9.17, 15) is 4.79 Å². The van der Waals surface area contributed by atoms with Crippen LogP contribution in [-0.4, -0.2) is 29.9 Å². The Balaban J connectivity index is 1.46. The number of rotatable bonds is 5. The molecule has 2 aliphatic rings. The van der Waals surface area contributed by atoms with E-state index in [-0.39, 0.29) is 11.9 Å². The third-order valence-electron chi connectivity index (χ3n) is 5.69. The molecule has 1 aliphatic carbocycles. The average molecular weight is 329 g/mol. The number of carbonyl (C=O) groups excluding carboxylic acids is 1. The Bertz CT molecular complexity index is 534. The van der Waals surface area contributed by atoms with Crippen LogP contribution in [0.1, 0.15) is 51.0 Å². The van der Waals surface area contributed by atoms with Crippen molar-refractivity contribution < 1.29 is 4.79 Å². The zero-order valence-corrected chi connectivity index (χ0v) is 14.8. The van der Waals surface area contributed by atoms with Gasteiger partial charge in [0.15, 0.2) is 0 Å². The first-order valence-electron chi connectivity index (χ1n) is 9.47. The number of hydrogen-bond donors (Lipinski definition) is 2. The molecule has 3 rings (SSSR count). The van der Waals surface area contributed by atoms with Gasteiger partial charge in [0.25, 0.3) is 0 Å². The molecule has 3 N–H and O–H groups in total. The van der Waals surface area contributed by atoms with Crippen LogP contribution >= 0.6 is 0 Å². The molecule has 1 aliphatic heterocycles. The monoisotopic (exact) mass is 329 g/mol. The SMILES string of the molecule is CC1CCN(Cc2ccc(NC(=O)C[C@@H]3CCC[C@H]3N)cc2)CC1. The van der Waals surface area contributed by atoms with E-state index in [1.165, 1.54) is 31.5 Å². The first-order chi connectivity index (χ1) is 11.6. The maximum Gasteiger partial charge on any atom is 0.224 e. The number of nitrogens with zero attached hydrogens (tertiary/aromatic N) is 1. The fourth-order valence-corrected chi connectivity index (χ4v) is 3.94. The van der Waals surface area contributed by atoms with Gasteiger partial charge < -0.3 is 11.1 Å². The number of nitrogens with two attached hydrogens (primary N) is 1. The Morgan fingerprint density at radius 1 is 1.17 bits per heavy atom. The van der Waals surface area contributed by atoms with Crippen molar-refractivity contribution in [2.45, 2.75) is 58.0 Å². The number of hydrogen-bond acceptors (Lipinski definition) is 3. The fraction of sp³-hybridized carbons (Fsp3) is 0.650. The number of benzene rings is 1. The second-order valence-corrected chi connectivity index (χ2v) is 7.76. The number of anilines is 1. The summed E-state index contributed by atoms with van der Waals surface area (Å²) < 4.78 is 0. The van der Waals surface area contributed by atoms with Gasteiger partial charge in [-0.25, -0.2) is 0 Å². The van der Waals surface area contributed by atoms with Crippen LogP contribution in [0.15, 0.2) is 24.3 Å². The molecule has 24 heavy (non-hydrogen) atoms. The summed E-state index contributed by atoms with van der Waals surface area (Å²) in [6.07, 6.45) is 6.46. The highest BCUT2D eigenvalue weighted by Crippen LogP contribution is 2.27. The van der Waals surface area contributed by atoms with Crippen LogP contribution < -0.4 is 11.1 Å². The van der Waals surface area contributed by atoms with Crippen LogP contribution in [-0.2, 0) is 11.3 Å². The highest BCUT2D eigenvalue weighted by molar-refractivity contribution is 5.90. The van der Waals surface area contributed by atoms with E-state index < -0.39 is 0 Å². The summed E-state index contributed by atoms with van der Waals surface area (Å²) in [4.78, 5) is 14.7. The van der Waals surface area contributed by atoms with Crippen LogP contribution in [0, 0.1) is 11.8 Å². The summed E-state index contributed by atoms with van der Waals surface area (Å²) in [5.41, 5.74) is 8.26. The van der Waals surface area contributed by atoms with E-state index in [4.69, 9.17) is 5.73 Å². The van der Waals surface area contributed by atoms with Crippen LogP contribution in [0.4, 0.5) is 5.69 Å². The van der Waals surface area contributed by atoms with Gasteiger partial charge in [0, 0.05) is 24.7 Å². The number of amides is 1. The van der Waals surface area contributed by atoms with Gasteiger partial charge in [-0.2, -0.15) is 0 Å². The van der Waals surface area contributed by atoms with E-state index in [0.717, 1.165) is 37.4 Å². The lowest BCUT2D eigenvalue weighted by Gasteiger charge is -2.30. The number of piperidine rings is 1. The molecule has 0 unspecified atom stereocenters. The number of nitrogens with one attached hydrogen (secondary N) is 1. The molecule has 0 aromatic heterocycles. The summed E-state index contributed by atoms with van der Waals surface area (Å²) in [7, 11) is 0. The first-order valence-corrected chi connectivity index (χ1v) is 9.47. The summed E-state index contributed by atoms with van der Waals surface area (Å²) in [5, 5.41) is 3.02. The Morgan fingerprint density at radius 2 is 1.88 bits per heavy atom. The molecule has 1 saturated heterocycles. The molecular formula is C20H31N3O. The topological polar surface area (TPSA) is 58.4 Å². The molecular weight excluding hydrogens is 298 g/mol. The smallest absolute Gasteiger partial charge is 0.224 e. The lowest BCUT2D eigenvalue weighted by Crippen LogP contribution is -2.32. The van der Waals surface area contributed by atoms with E-state index in [1.807, 2.05) is 12.1 Å². The quantitative estimate of drug-likeness (QED) is 0.871. The van der Waals surface area contributed by atoms with Crippen molar-refractivity contribution in [3.05, 3.63) is 29.8 Å². The molecule has 0 spiro atoms. The van der Waals surface area contributed by atoms with Crippen LogP contribution in [0.25, 0.3) is 0 Å². The molecule has 1 aromatic rings. The lowest BCUT2D eigenvalue weighted by molar-refractivity contribution is -0.117. The van der Waals surface area contributed by atoms with Crippen molar-refractivity contribution in [1.82, 2.24) is 4.90 Å². The molecule has 0 radical (unpaired) electrons. The third kappa shape index (κ3) is 4.81. The van der Waals surface area contributed by atoms with Crippen molar-refractivity contribution in [3.63, 3.8) is 0 Å². The summed E-state index contributed by atoms with van der Waals surface area (Å²) in [6, 6.07) is 8.51. The van der Waals surface area contributed by atoms with E-state index in [2.05, 4.69) is 29.3 Å². The molecule has 0 bridgehead atoms. The highest BCUT2D eigenvalue weighted by Gasteiger charge is 2.26. The Kier molecular flexibility index (Phi) is 5.90. The van der Waals surface area contributed by atoms with E-state index in [0.29, 0.717) is 12.3 Å². The zero-order chi connectivity index (χ0) is 16.9. The summed E-state index contributed by atoms with van der Waals surface area (Å²) in [5.74, 6) is 1.31. The van der Waals surface area contributed by atoms with Gasteiger partial charge in [0.1, 0.15) is 0 Å². The number of likely N-dealkylation sites (tertiary alicyclic amines) is 1. The highest BCUT2D eigenvalue weighted by atomic mass is 16.1. The van der Waals surface area contributed by atoms with Gasteiger partial charge in [-0.15, -0.1) is 0 Å². The second-order valence-electron chi connectivity index (χ2n) is 7.76. The Hall–Kier alpha value is -1.39. The van der Waals surface area contributed by atoms with E-state index >= 15 is 0 Å². The molecule has 132 valence electrons. The fourth-order valence-electron chi connectivity index (χ4n) is 3.94. The van der Waals surface area contributed by atoms with E-state index in [1.54, 1.807) is 0 Å². The van der Waals surface area contributed by atoms with Crippen molar-refractivity contribution >= 4 is 11.6 Å². The molecule has 4 nitrogen and oxygen atoms in total. The van der Waals surface area contributed by atoms with Crippen LogP contribution in [0.5, 0.6) is 0 Å². The third-order valence-corrected chi connectivity index (χ3v) is 5.69. The minimum absolute atomic E-state index is 0.0927. The molecule has 2 fully saturated rings. The van der Waals surface area contributed by atoms with Gasteiger partial charge >= 0.3 is 0 Å². The normalized spacial score (nSPS) is 25.8. The first kappa shape index (κ1) is 17.4. The summed E-state index contributed by atoms with van der Waals surface area (Å²) >= 11 is 0. The Labute approximate surface area is 145 Å². The van der Waals surface area contributed by atoms with Gasteiger partial charge in [-0.1, -0.05) is 25.5 Å². The Morgan fingerprint density at radius 3 is 2.50 bits per heavy atom. The maximum absolute atomic E-state index is 12.2. The summed E-state index contributed by atoms with van der Waals surface area (Å²) in [6.45, 7) is 5.74. The number of carbonyl (C=O) groups is 1. The van der Waals surface area contributed by atoms with Crippen LogP contribution in [0.2, 0.25) is 0 Å². The molecule has 4 heteroatoms. The average Bonchev–Trinajstić information content (AvgIpc) is 2.96. The lowest BCUT2D eigenvalue weighted by atomic mass is 9.99. The molecule has 1 saturated carbocycles. The minimum atomic E-state index is 0.0927. The molecule has 1 heterocycles. The zero-order valence-electron chi connectivity index (χ0n) is 14.8. The maximum atomic E-state index is 12.2. The minimum Gasteiger partial charge on any atom is -0.327 e.